The van der Waals surface area contributed by atoms with E-state index in [2.05, 4.69) is 16.8 Å². The molecule has 0 aromatic rings. The lowest BCUT2D eigenvalue weighted by molar-refractivity contribution is -0.134. The van der Waals surface area contributed by atoms with E-state index < -0.39 is 0 Å². The molecule has 2 rings (SSSR count). The van der Waals surface area contributed by atoms with Gasteiger partial charge < -0.3 is 14.5 Å². The van der Waals surface area contributed by atoms with Crippen LogP contribution in [-0.4, -0.2) is 60.6 Å². The van der Waals surface area contributed by atoms with Crippen LogP contribution in [0, 0.1) is 0 Å². The van der Waals surface area contributed by atoms with Gasteiger partial charge >= 0.3 is 0 Å². The van der Waals surface area contributed by atoms with Crippen molar-refractivity contribution in [1.82, 2.24) is 9.80 Å². The van der Waals surface area contributed by atoms with E-state index in [-0.39, 0.29) is 12.0 Å². The van der Waals surface area contributed by atoms with Gasteiger partial charge in [-0.1, -0.05) is 0 Å². The first-order valence-electron chi connectivity index (χ1n) is 7.71. The Morgan fingerprint density at radius 3 is 2.53 bits per heavy atom. The summed E-state index contributed by atoms with van der Waals surface area (Å²) in [7, 11) is 2.19. The molecule has 0 unspecified atom stereocenters. The normalized spacial score (nSPS) is 28.5. The summed E-state index contributed by atoms with van der Waals surface area (Å²) in [4.78, 5) is 16.9. The fraction of sp³-hybridized carbons (Fsp3) is 0.933. The molecule has 19 heavy (non-hydrogen) atoms. The Kier molecular flexibility index (Phi) is 5.22. The van der Waals surface area contributed by atoms with Gasteiger partial charge in [0.05, 0.1) is 19.1 Å². The van der Waals surface area contributed by atoms with Crippen LogP contribution in [0.15, 0.2) is 0 Å². The Morgan fingerprint density at radius 1 is 1.21 bits per heavy atom. The summed E-state index contributed by atoms with van der Waals surface area (Å²) in [6.07, 6.45) is 5.59. The first-order valence-corrected chi connectivity index (χ1v) is 7.71. The van der Waals surface area contributed by atoms with Crippen LogP contribution < -0.4 is 0 Å². The zero-order valence-electron chi connectivity index (χ0n) is 12.6. The van der Waals surface area contributed by atoms with Crippen molar-refractivity contribution in [2.45, 2.75) is 64.1 Å². The molecule has 4 nitrogen and oxygen atoms in total. The zero-order valence-corrected chi connectivity index (χ0v) is 12.6. The first-order chi connectivity index (χ1) is 9.09. The topological polar surface area (TPSA) is 32.8 Å². The number of likely N-dealkylation sites (N-methyl/N-ethyl adjacent to an activating group) is 1. The monoisotopic (exact) mass is 268 g/mol. The van der Waals surface area contributed by atoms with E-state index in [0.29, 0.717) is 25.1 Å². The largest absolute Gasteiger partial charge is 0.378 e. The molecule has 2 fully saturated rings. The summed E-state index contributed by atoms with van der Waals surface area (Å²) in [5, 5.41) is 0. The maximum absolute atomic E-state index is 12.3. The number of nitrogens with zero attached hydrogens (tertiary/aromatic N) is 2. The van der Waals surface area contributed by atoms with Crippen molar-refractivity contribution in [3.05, 3.63) is 0 Å². The smallest absolute Gasteiger partial charge is 0.225 e. The van der Waals surface area contributed by atoms with E-state index >= 15 is 0 Å². The van der Waals surface area contributed by atoms with Gasteiger partial charge in [-0.2, -0.15) is 0 Å². The molecule has 2 atom stereocenters. The van der Waals surface area contributed by atoms with Gasteiger partial charge in [0.1, 0.15) is 0 Å². The quantitative estimate of drug-likeness (QED) is 0.763. The minimum absolute atomic E-state index is 0.211. The van der Waals surface area contributed by atoms with Gasteiger partial charge in [0.15, 0.2) is 0 Å². The third kappa shape index (κ3) is 3.69. The number of hydrogen-bond acceptors (Lipinski definition) is 3. The Balaban J connectivity index is 1.85. The summed E-state index contributed by atoms with van der Waals surface area (Å²) in [5.41, 5.74) is 0. The molecule has 0 aromatic carbocycles. The molecule has 2 aliphatic rings. The van der Waals surface area contributed by atoms with Crippen LogP contribution in [0.25, 0.3) is 0 Å². The number of amides is 1. The maximum Gasteiger partial charge on any atom is 0.225 e. The molecular weight excluding hydrogens is 240 g/mol. The molecule has 0 spiro atoms. The van der Waals surface area contributed by atoms with Gasteiger partial charge in [-0.05, 0) is 53.1 Å². The summed E-state index contributed by atoms with van der Waals surface area (Å²) < 4.78 is 5.50. The van der Waals surface area contributed by atoms with E-state index in [1.807, 2.05) is 13.8 Å². The fourth-order valence-corrected chi connectivity index (χ4v) is 3.45. The highest BCUT2D eigenvalue weighted by Crippen LogP contribution is 2.29. The van der Waals surface area contributed by atoms with Crippen LogP contribution in [0.3, 0.4) is 0 Å². The highest BCUT2D eigenvalue weighted by Gasteiger charge is 2.37. The van der Waals surface area contributed by atoms with E-state index in [9.17, 15) is 4.79 Å². The number of likely N-dealkylation sites (tertiary alicyclic amines) is 2. The van der Waals surface area contributed by atoms with E-state index in [4.69, 9.17) is 4.74 Å². The molecule has 0 aliphatic carbocycles. The molecule has 2 heterocycles. The maximum atomic E-state index is 12.3. The Morgan fingerprint density at radius 2 is 1.89 bits per heavy atom. The number of carbonyl (C=O) groups is 1. The van der Waals surface area contributed by atoms with Crippen LogP contribution in [0.1, 0.15) is 46.0 Å². The average molecular weight is 268 g/mol. The van der Waals surface area contributed by atoms with Crippen molar-refractivity contribution >= 4 is 5.91 Å². The van der Waals surface area contributed by atoms with Crippen LogP contribution in [-0.2, 0) is 9.53 Å². The van der Waals surface area contributed by atoms with Crippen molar-refractivity contribution in [3.8, 4) is 0 Å². The second kappa shape index (κ2) is 6.71. The third-order valence-corrected chi connectivity index (χ3v) is 4.41. The molecule has 0 radical (unpaired) electrons. The molecule has 0 saturated carbocycles. The van der Waals surface area contributed by atoms with E-state index in [0.717, 1.165) is 13.0 Å². The second-order valence-corrected chi connectivity index (χ2v) is 6.16. The van der Waals surface area contributed by atoms with Gasteiger partial charge in [0.25, 0.3) is 0 Å². The lowest BCUT2D eigenvalue weighted by atomic mass is 10.0. The van der Waals surface area contributed by atoms with Gasteiger partial charge in [-0.15, -0.1) is 0 Å². The van der Waals surface area contributed by atoms with Crippen LogP contribution in [0.5, 0.6) is 0 Å². The Labute approximate surface area is 117 Å². The van der Waals surface area contributed by atoms with Crippen LogP contribution >= 0.6 is 0 Å². The van der Waals surface area contributed by atoms with E-state index in [1.54, 1.807) is 0 Å². The van der Waals surface area contributed by atoms with E-state index in [1.165, 1.54) is 25.8 Å². The van der Waals surface area contributed by atoms with Gasteiger partial charge in [-0.3, -0.25) is 4.79 Å². The predicted molar refractivity (Wildman–Crippen MR) is 76.1 cm³/mol. The van der Waals surface area contributed by atoms with Crippen molar-refractivity contribution < 1.29 is 9.53 Å². The van der Waals surface area contributed by atoms with Crippen molar-refractivity contribution in [2.75, 3.05) is 26.7 Å². The predicted octanol–water partition coefficient (Wildman–Crippen LogP) is 1.89. The molecule has 0 bridgehead atoms. The molecular formula is C15H28N2O2. The van der Waals surface area contributed by atoms with Gasteiger partial charge in [-0.25, -0.2) is 0 Å². The summed E-state index contributed by atoms with van der Waals surface area (Å²) in [6, 6.07) is 1.02. The van der Waals surface area contributed by atoms with Crippen molar-refractivity contribution in [2.24, 2.45) is 0 Å². The highest BCUT2D eigenvalue weighted by atomic mass is 16.5. The lowest BCUT2D eigenvalue weighted by Gasteiger charge is -2.33. The standard InChI is InChI=1S/C15H28N2O2/c1-12(2)19-11-8-15(18)17-10-5-7-14(17)13-6-4-9-16(13)3/h12-14H,4-11H2,1-3H3/t13-,14-/m0/s1. The summed E-state index contributed by atoms with van der Waals surface area (Å²) in [5.74, 6) is 0.281. The zero-order chi connectivity index (χ0) is 13.8. The molecule has 0 aromatic heterocycles. The van der Waals surface area contributed by atoms with Gasteiger partial charge in [0.2, 0.25) is 5.91 Å². The fourth-order valence-electron chi connectivity index (χ4n) is 3.45. The van der Waals surface area contributed by atoms with Crippen molar-refractivity contribution in [3.63, 3.8) is 0 Å². The Hall–Kier alpha value is -0.610. The minimum Gasteiger partial charge on any atom is -0.378 e. The SMILES string of the molecule is CC(C)OCCC(=O)N1CCC[C@H]1[C@@H]1CCCN1C. The minimum atomic E-state index is 0.211. The molecule has 2 aliphatic heterocycles. The lowest BCUT2D eigenvalue weighted by Crippen LogP contribution is -2.47. The summed E-state index contributed by atoms with van der Waals surface area (Å²) >= 11 is 0. The number of carbonyl (C=O) groups excluding carboxylic acids is 1. The second-order valence-electron chi connectivity index (χ2n) is 6.16. The molecule has 1 amide bonds. The molecule has 4 heteroatoms. The van der Waals surface area contributed by atoms with Crippen molar-refractivity contribution in [1.29, 1.82) is 0 Å². The average Bonchev–Trinajstić information content (AvgIpc) is 2.96. The molecule has 0 N–H and O–H groups in total. The first kappa shape index (κ1) is 14.8. The molecule has 2 saturated heterocycles. The van der Waals surface area contributed by atoms with Gasteiger partial charge in [0, 0.05) is 18.6 Å². The van der Waals surface area contributed by atoms with Crippen LogP contribution in [0.4, 0.5) is 0 Å². The summed E-state index contributed by atoms with van der Waals surface area (Å²) in [6.45, 7) is 6.70. The number of ether oxygens (including phenoxy) is 1. The number of rotatable bonds is 5. The Bertz CT molecular complexity index is 307. The molecule has 110 valence electrons. The number of hydrogen-bond donors (Lipinski definition) is 0. The van der Waals surface area contributed by atoms with Crippen LogP contribution in [0.2, 0.25) is 0 Å². The third-order valence-electron chi connectivity index (χ3n) is 4.41. The highest BCUT2D eigenvalue weighted by molar-refractivity contribution is 5.77.